The molecule has 0 fully saturated rings. The van der Waals surface area contributed by atoms with Crippen molar-refractivity contribution in [1.82, 2.24) is 4.98 Å². The van der Waals surface area contributed by atoms with Gasteiger partial charge in [-0.3, -0.25) is 9.59 Å². The molecule has 7 nitrogen and oxygen atoms in total. The lowest BCUT2D eigenvalue weighted by Crippen LogP contribution is -2.35. The van der Waals surface area contributed by atoms with Crippen molar-refractivity contribution in [2.24, 2.45) is 0 Å². The standard InChI is InChI=1S/C21H23N3O4S/c1-13-17(14(2)23-21(26)18(13)12-22)7-9-20(25)24-10-4-5-15-11-16(29(3,27)28)6-8-19(15)24/h6,8,11H,4-5,7,9-10H2,1-3H3,(H,23,26). The van der Waals surface area contributed by atoms with Gasteiger partial charge in [-0.15, -0.1) is 0 Å². The van der Waals surface area contributed by atoms with Crippen molar-refractivity contribution in [2.75, 3.05) is 17.7 Å². The van der Waals surface area contributed by atoms with E-state index < -0.39 is 15.4 Å². The van der Waals surface area contributed by atoms with Crippen LogP contribution in [0.5, 0.6) is 0 Å². The first-order chi connectivity index (χ1) is 13.6. The minimum Gasteiger partial charge on any atom is -0.325 e. The summed E-state index contributed by atoms with van der Waals surface area (Å²) >= 11 is 0. The van der Waals surface area contributed by atoms with Crippen LogP contribution in [0, 0.1) is 25.2 Å². The van der Waals surface area contributed by atoms with Gasteiger partial charge in [0.15, 0.2) is 9.84 Å². The number of nitriles is 1. The van der Waals surface area contributed by atoms with Gasteiger partial charge in [0.25, 0.3) is 5.56 Å². The quantitative estimate of drug-likeness (QED) is 0.826. The van der Waals surface area contributed by atoms with Crippen LogP contribution in [0.4, 0.5) is 5.69 Å². The number of fused-ring (bicyclic) bond motifs is 1. The average Bonchev–Trinajstić information content (AvgIpc) is 2.66. The molecule has 2 aromatic rings. The molecule has 1 aliphatic heterocycles. The van der Waals surface area contributed by atoms with E-state index in [1.165, 1.54) is 12.3 Å². The number of pyridine rings is 1. The molecule has 1 aromatic heterocycles. The van der Waals surface area contributed by atoms with Gasteiger partial charge in [-0.05, 0) is 68.0 Å². The molecule has 0 bridgehead atoms. The Balaban J connectivity index is 1.84. The van der Waals surface area contributed by atoms with E-state index in [1.54, 1.807) is 30.9 Å². The zero-order chi connectivity index (χ0) is 21.3. The normalized spacial score (nSPS) is 13.7. The lowest BCUT2D eigenvalue weighted by Gasteiger charge is -2.30. The van der Waals surface area contributed by atoms with Crippen LogP contribution >= 0.6 is 0 Å². The van der Waals surface area contributed by atoms with Crippen LogP contribution < -0.4 is 10.5 Å². The fourth-order valence-electron chi connectivity index (χ4n) is 3.85. The van der Waals surface area contributed by atoms with E-state index in [1.807, 2.05) is 6.07 Å². The third kappa shape index (κ3) is 4.10. The van der Waals surface area contributed by atoms with Crippen LogP contribution in [0.15, 0.2) is 27.9 Å². The molecule has 3 rings (SSSR count). The molecule has 0 unspecified atom stereocenters. The number of amides is 1. The lowest BCUT2D eigenvalue weighted by atomic mass is 9.97. The second-order valence-corrected chi connectivity index (χ2v) is 9.40. The molecule has 0 saturated carbocycles. The summed E-state index contributed by atoms with van der Waals surface area (Å²) in [6, 6.07) is 6.82. The van der Waals surface area contributed by atoms with Crippen LogP contribution in [-0.4, -0.2) is 32.1 Å². The number of rotatable bonds is 4. The Morgan fingerprint density at radius 2 is 2.03 bits per heavy atom. The molecule has 0 saturated heterocycles. The van der Waals surface area contributed by atoms with E-state index in [4.69, 9.17) is 0 Å². The van der Waals surface area contributed by atoms with Crippen molar-refractivity contribution in [1.29, 1.82) is 5.26 Å². The number of H-pyrrole nitrogens is 1. The molecular weight excluding hydrogens is 390 g/mol. The highest BCUT2D eigenvalue weighted by atomic mass is 32.2. The number of sulfone groups is 1. The Morgan fingerprint density at radius 3 is 2.69 bits per heavy atom. The maximum atomic E-state index is 12.9. The molecular formula is C21H23N3O4S. The molecule has 0 atom stereocenters. The van der Waals surface area contributed by atoms with Gasteiger partial charge < -0.3 is 9.88 Å². The number of carbonyl (C=O) groups is 1. The van der Waals surface area contributed by atoms with Gasteiger partial charge >= 0.3 is 0 Å². The van der Waals surface area contributed by atoms with E-state index in [0.29, 0.717) is 24.2 Å². The molecule has 0 aliphatic carbocycles. The summed E-state index contributed by atoms with van der Waals surface area (Å²) in [5.74, 6) is -0.0680. The van der Waals surface area contributed by atoms with Crippen molar-refractivity contribution in [2.45, 2.75) is 44.4 Å². The molecule has 1 amide bonds. The Morgan fingerprint density at radius 1 is 1.31 bits per heavy atom. The topological polar surface area (TPSA) is 111 Å². The first-order valence-corrected chi connectivity index (χ1v) is 11.3. The third-order valence-electron chi connectivity index (χ3n) is 5.41. The van der Waals surface area contributed by atoms with E-state index in [-0.39, 0.29) is 22.8 Å². The summed E-state index contributed by atoms with van der Waals surface area (Å²) in [5.41, 5.74) is 3.35. The number of hydrogen-bond donors (Lipinski definition) is 1. The Kier molecular flexibility index (Phi) is 5.62. The first kappa shape index (κ1) is 20.8. The van der Waals surface area contributed by atoms with Crippen molar-refractivity contribution >= 4 is 21.4 Å². The van der Waals surface area contributed by atoms with Crippen LogP contribution in [-0.2, 0) is 27.5 Å². The molecule has 1 aromatic carbocycles. The van der Waals surface area contributed by atoms with Crippen molar-refractivity contribution in [3.05, 3.63) is 56.5 Å². The van der Waals surface area contributed by atoms with Crippen LogP contribution in [0.3, 0.4) is 0 Å². The van der Waals surface area contributed by atoms with Gasteiger partial charge in [0.2, 0.25) is 5.91 Å². The Hall–Kier alpha value is -2.92. The molecule has 2 heterocycles. The van der Waals surface area contributed by atoms with Crippen LogP contribution in [0.1, 0.15) is 40.8 Å². The molecule has 0 radical (unpaired) electrons. The molecule has 1 N–H and O–H groups in total. The van der Waals surface area contributed by atoms with Gasteiger partial charge in [-0.25, -0.2) is 8.42 Å². The molecule has 152 valence electrons. The highest BCUT2D eigenvalue weighted by Gasteiger charge is 2.24. The zero-order valence-electron chi connectivity index (χ0n) is 16.7. The number of hydrogen-bond acceptors (Lipinski definition) is 5. The monoisotopic (exact) mass is 413 g/mol. The summed E-state index contributed by atoms with van der Waals surface area (Å²) in [4.78, 5) is 29.4. The lowest BCUT2D eigenvalue weighted by molar-refractivity contribution is -0.118. The fraction of sp³-hybridized carbons (Fsp3) is 0.381. The zero-order valence-corrected chi connectivity index (χ0v) is 17.5. The second kappa shape index (κ2) is 7.84. The van der Waals surface area contributed by atoms with Crippen molar-refractivity contribution in [3.63, 3.8) is 0 Å². The van der Waals surface area contributed by atoms with Crippen LogP contribution in [0.2, 0.25) is 0 Å². The smallest absolute Gasteiger partial charge is 0.266 e. The fourth-order valence-corrected chi connectivity index (χ4v) is 4.52. The van der Waals surface area contributed by atoms with Gasteiger partial charge in [0.05, 0.1) is 4.90 Å². The van der Waals surface area contributed by atoms with E-state index in [2.05, 4.69) is 4.98 Å². The van der Waals surface area contributed by atoms with E-state index >= 15 is 0 Å². The highest BCUT2D eigenvalue weighted by Crippen LogP contribution is 2.30. The predicted molar refractivity (Wildman–Crippen MR) is 110 cm³/mol. The number of benzene rings is 1. The summed E-state index contributed by atoms with van der Waals surface area (Å²) < 4.78 is 23.6. The number of carbonyl (C=O) groups excluding carboxylic acids is 1. The maximum absolute atomic E-state index is 12.9. The van der Waals surface area contributed by atoms with Crippen molar-refractivity contribution < 1.29 is 13.2 Å². The number of aromatic nitrogens is 1. The van der Waals surface area contributed by atoms with Gasteiger partial charge in [0, 0.05) is 30.6 Å². The molecule has 0 spiro atoms. The SMILES string of the molecule is Cc1[nH]c(=O)c(C#N)c(C)c1CCC(=O)N1CCCc2cc(S(C)(=O)=O)ccc21. The third-order valence-corrected chi connectivity index (χ3v) is 6.52. The van der Waals surface area contributed by atoms with E-state index in [0.717, 1.165) is 29.7 Å². The van der Waals surface area contributed by atoms with Gasteiger partial charge in [-0.1, -0.05) is 0 Å². The molecule has 8 heteroatoms. The Bertz CT molecular complexity index is 1190. The average molecular weight is 413 g/mol. The molecule has 29 heavy (non-hydrogen) atoms. The summed E-state index contributed by atoms with van der Waals surface area (Å²) in [6.07, 6.45) is 3.30. The highest BCUT2D eigenvalue weighted by molar-refractivity contribution is 7.90. The van der Waals surface area contributed by atoms with Crippen LogP contribution in [0.25, 0.3) is 0 Å². The largest absolute Gasteiger partial charge is 0.325 e. The predicted octanol–water partition coefficient (Wildman–Crippen LogP) is 2.18. The summed E-state index contributed by atoms with van der Waals surface area (Å²) in [5, 5.41) is 9.20. The number of nitrogens with one attached hydrogen (secondary N) is 1. The number of aryl methyl sites for hydroxylation is 2. The maximum Gasteiger partial charge on any atom is 0.266 e. The number of anilines is 1. The number of aromatic amines is 1. The minimum absolute atomic E-state index is 0.0680. The summed E-state index contributed by atoms with van der Waals surface area (Å²) in [6.45, 7) is 4.07. The van der Waals surface area contributed by atoms with Gasteiger partial charge in [0.1, 0.15) is 11.6 Å². The summed E-state index contributed by atoms with van der Waals surface area (Å²) in [7, 11) is -3.30. The minimum atomic E-state index is -3.30. The Labute approximate surface area is 169 Å². The van der Waals surface area contributed by atoms with Crippen molar-refractivity contribution in [3.8, 4) is 6.07 Å². The second-order valence-electron chi connectivity index (χ2n) is 7.38. The van der Waals surface area contributed by atoms with E-state index in [9.17, 15) is 23.3 Å². The molecule has 1 aliphatic rings. The first-order valence-electron chi connectivity index (χ1n) is 9.39. The number of nitrogens with zero attached hydrogens (tertiary/aromatic N) is 2. The van der Waals surface area contributed by atoms with Gasteiger partial charge in [-0.2, -0.15) is 5.26 Å².